The van der Waals surface area contributed by atoms with Crippen molar-refractivity contribution < 1.29 is 14.0 Å². The average molecular weight is 354 g/mol. The summed E-state index contributed by atoms with van der Waals surface area (Å²) < 4.78 is 5.14. The van der Waals surface area contributed by atoms with Gasteiger partial charge in [0.2, 0.25) is 5.91 Å². The lowest BCUT2D eigenvalue weighted by molar-refractivity contribution is -0.130. The normalized spacial score (nSPS) is 12.1. The van der Waals surface area contributed by atoms with Crippen molar-refractivity contribution >= 4 is 22.7 Å². The Kier molecular flexibility index (Phi) is 5.06. The highest BCUT2D eigenvalue weighted by Crippen LogP contribution is 2.14. The molecular formula is C19H22N4O3. The predicted octanol–water partition coefficient (Wildman–Crippen LogP) is 2.28. The summed E-state index contributed by atoms with van der Waals surface area (Å²) in [5, 5.41) is 10.7. The second kappa shape index (κ2) is 7.43. The smallest absolute Gasteiger partial charge is 0.254 e. The minimum absolute atomic E-state index is 0.00548. The van der Waals surface area contributed by atoms with Crippen LogP contribution in [0.4, 0.5) is 0 Å². The van der Waals surface area contributed by atoms with Crippen LogP contribution in [-0.4, -0.2) is 46.5 Å². The highest BCUT2D eigenvalue weighted by atomic mass is 16.3. The van der Waals surface area contributed by atoms with Crippen LogP contribution >= 0.6 is 0 Å². The van der Waals surface area contributed by atoms with Crippen LogP contribution < -0.4 is 5.32 Å². The predicted molar refractivity (Wildman–Crippen MR) is 97.8 cm³/mol. The van der Waals surface area contributed by atoms with E-state index in [9.17, 15) is 9.59 Å². The van der Waals surface area contributed by atoms with Gasteiger partial charge in [-0.1, -0.05) is 6.07 Å². The fraction of sp³-hybridized carbons (Fsp3) is 0.316. The van der Waals surface area contributed by atoms with Crippen molar-refractivity contribution in [3.8, 4) is 0 Å². The monoisotopic (exact) mass is 354 g/mol. The Morgan fingerprint density at radius 1 is 1.35 bits per heavy atom. The molecular weight excluding hydrogens is 332 g/mol. The van der Waals surface area contributed by atoms with Crippen LogP contribution in [0.3, 0.4) is 0 Å². The number of hydrogen-bond acceptors (Lipinski definition) is 4. The largest absolute Gasteiger partial charge is 0.469 e. The molecule has 2 aromatic heterocycles. The van der Waals surface area contributed by atoms with E-state index in [1.165, 1.54) is 6.26 Å². The second-order valence-corrected chi connectivity index (χ2v) is 6.42. The summed E-state index contributed by atoms with van der Waals surface area (Å²) in [6, 6.07) is 7.30. The Hall–Kier alpha value is -3.09. The number of likely N-dealkylation sites (N-methyl/N-ethyl adjacent to an activating group) is 1. The average Bonchev–Trinajstić information content (AvgIpc) is 3.26. The zero-order valence-electron chi connectivity index (χ0n) is 15.1. The van der Waals surface area contributed by atoms with E-state index in [-0.39, 0.29) is 17.9 Å². The Morgan fingerprint density at radius 3 is 2.88 bits per heavy atom. The van der Waals surface area contributed by atoms with E-state index < -0.39 is 0 Å². The molecule has 1 aromatic carbocycles. The van der Waals surface area contributed by atoms with E-state index in [0.29, 0.717) is 24.3 Å². The van der Waals surface area contributed by atoms with E-state index >= 15 is 0 Å². The summed E-state index contributed by atoms with van der Waals surface area (Å²) in [5.41, 5.74) is 2.39. The number of H-pyrrole nitrogens is 1. The number of nitrogens with zero attached hydrogens (tertiary/aromatic N) is 2. The Labute approximate surface area is 151 Å². The lowest BCUT2D eigenvalue weighted by Gasteiger charge is -2.25. The van der Waals surface area contributed by atoms with Gasteiger partial charge in [0.1, 0.15) is 5.76 Å². The number of carbonyl (C=O) groups excluding carboxylic acids is 2. The molecule has 0 radical (unpaired) electrons. The van der Waals surface area contributed by atoms with Gasteiger partial charge in [0.15, 0.2) is 0 Å². The first-order chi connectivity index (χ1) is 12.5. The third-order valence-corrected chi connectivity index (χ3v) is 4.58. The van der Waals surface area contributed by atoms with Crippen molar-refractivity contribution in [3.63, 3.8) is 0 Å². The van der Waals surface area contributed by atoms with Gasteiger partial charge in [0.25, 0.3) is 5.91 Å². The third kappa shape index (κ3) is 3.77. The van der Waals surface area contributed by atoms with Crippen molar-refractivity contribution in [2.24, 2.45) is 0 Å². The molecule has 0 spiro atoms. The van der Waals surface area contributed by atoms with Crippen molar-refractivity contribution in [2.75, 3.05) is 13.6 Å². The molecule has 7 heteroatoms. The maximum atomic E-state index is 12.5. The molecule has 1 unspecified atom stereocenters. The summed E-state index contributed by atoms with van der Waals surface area (Å²) in [6.45, 7) is 4.01. The summed E-state index contributed by atoms with van der Waals surface area (Å²) in [7, 11) is 1.75. The van der Waals surface area contributed by atoms with Gasteiger partial charge < -0.3 is 14.6 Å². The summed E-state index contributed by atoms with van der Waals surface area (Å²) in [6.07, 6.45) is 3.53. The molecule has 7 nitrogen and oxygen atoms in total. The van der Waals surface area contributed by atoms with Crippen molar-refractivity contribution in [1.82, 2.24) is 20.4 Å². The van der Waals surface area contributed by atoms with E-state index in [2.05, 4.69) is 15.5 Å². The second-order valence-electron chi connectivity index (χ2n) is 6.42. The summed E-state index contributed by atoms with van der Waals surface area (Å²) >= 11 is 0. The molecule has 0 fully saturated rings. The molecule has 136 valence electrons. The summed E-state index contributed by atoms with van der Waals surface area (Å²) in [4.78, 5) is 26.3. The molecule has 2 heterocycles. The van der Waals surface area contributed by atoms with Gasteiger partial charge in [-0.2, -0.15) is 5.10 Å². The van der Waals surface area contributed by atoms with E-state index in [1.807, 2.05) is 25.1 Å². The molecule has 2 amide bonds. The minimum Gasteiger partial charge on any atom is -0.469 e. The third-order valence-electron chi connectivity index (χ3n) is 4.58. The summed E-state index contributed by atoms with van der Waals surface area (Å²) in [5.74, 6) is 0.373. The van der Waals surface area contributed by atoms with Crippen LogP contribution in [0.15, 0.2) is 41.1 Å². The first kappa shape index (κ1) is 17.7. The van der Waals surface area contributed by atoms with Gasteiger partial charge in [-0.25, -0.2) is 0 Å². The number of aromatic nitrogens is 2. The Morgan fingerprint density at radius 2 is 2.15 bits per heavy atom. The molecule has 0 saturated heterocycles. The fourth-order valence-corrected chi connectivity index (χ4v) is 2.74. The van der Waals surface area contributed by atoms with Crippen LogP contribution in [0, 0.1) is 6.92 Å². The molecule has 3 rings (SSSR count). The van der Waals surface area contributed by atoms with Gasteiger partial charge in [-0.3, -0.25) is 14.7 Å². The van der Waals surface area contributed by atoms with Crippen molar-refractivity contribution in [2.45, 2.75) is 26.3 Å². The Bertz CT molecular complexity index is 928. The quantitative estimate of drug-likeness (QED) is 0.710. The van der Waals surface area contributed by atoms with E-state index in [4.69, 9.17) is 4.42 Å². The number of carbonyl (C=O) groups is 2. The molecule has 0 aliphatic heterocycles. The molecule has 2 N–H and O–H groups in total. The number of furan rings is 1. The van der Waals surface area contributed by atoms with Gasteiger partial charge in [-0.15, -0.1) is 0 Å². The SMILES string of the molecule is Cc1occc1C(=O)NCC(C)N(C)C(=O)Cc1ccc2[nH]ncc2c1. The van der Waals surface area contributed by atoms with Gasteiger partial charge >= 0.3 is 0 Å². The first-order valence-electron chi connectivity index (χ1n) is 8.45. The van der Waals surface area contributed by atoms with Crippen LogP contribution in [0.2, 0.25) is 0 Å². The number of hydrogen-bond donors (Lipinski definition) is 2. The van der Waals surface area contributed by atoms with Crippen molar-refractivity contribution in [3.05, 3.63) is 53.6 Å². The van der Waals surface area contributed by atoms with Crippen LogP contribution in [0.1, 0.15) is 28.6 Å². The molecule has 1 atom stereocenters. The lowest BCUT2D eigenvalue weighted by Crippen LogP contribution is -2.43. The zero-order valence-corrected chi connectivity index (χ0v) is 15.1. The number of fused-ring (bicyclic) bond motifs is 1. The van der Waals surface area contributed by atoms with E-state index in [0.717, 1.165) is 16.5 Å². The number of aryl methyl sites for hydroxylation is 1. The number of benzene rings is 1. The minimum atomic E-state index is -0.200. The lowest BCUT2D eigenvalue weighted by atomic mass is 10.1. The van der Waals surface area contributed by atoms with Gasteiger partial charge in [0, 0.05) is 25.0 Å². The fourth-order valence-electron chi connectivity index (χ4n) is 2.74. The number of amides is 2. The highest BCUT2D eigenvalue weighted by molar-refractivity contribution is 5.95. The molecule has 26 heavy (non-hydrogen) atoms. The maximum Gasteiger partial charge on any atom is 0.254 e. The number of rotatable bonds is 6. The zero-order chi connectivity index (χ0) is 18.7. The number of nitrogens with one attached hydrogen (secondary N) is 2. The molecule has 0 saturated carbocycles. The Balaban J connectivity index is 1.55. The van der Waals surface area contributed by atoms with Crippen LogP contribution in [-0.2, 0) is 11.2 Å². The molecule has 3 aromatic rings. The maximum absolute atomic E-state index is 12.5. The number of aromatic amines is 1. The van der Waals surface area contributed by atoms with Crippen molar-refractivity contribution in [1.29, 1.82) is 0 Å². The van der Waals surface area contributed by atoms with Crippen LogP contribution in [0.25, 0.3) is 10.9 Å². The molecule has 0 aliphatic rings. The van der Waals surface area contributed by atoms with E-state index in [1.54, 1.807) is 31.1 Å². The van der Waals surface area contributed by atoms with Gasteiger partial charge in [-0.05, 0) is 37.6 Å². The van der Waals surface area contributed by atoms with Gasteiger partial charge in [0.05, 0.1) is 30.0 Å². The first-order valence-corrected chi connectivity index (χ1v) is 8.45. The standard InChI is InChI=1S/C19H22N4O3/c1-12(10-20-19(25)16-6-7-26-13(16)2)23(3)18(24)9-14-4-5-17-15(8-14)11-21-22-17/h4-8,11-12H,9-10H2,1-3H3,(H,20,25)(H,21,22). The topological polar surface area (TPSA) is 91.2 Å². The molecule has 0 aliphatic carbocycles. The van der Waals surface area contributed by atoms with Crippen LogP contribution in [0.5, 0.6) is 0 Å². The molecule has 0 bridgehead atoms. The highest BCUT2D eigenvalue weighted by Gasteiger charge is 2.18.